The normalized spacial score (nSPS) is 10.0. The predicted molar refractivity (Wildman–Crippen MR) is 103 cm³/mol. The van der Waals surface area contributed by atoms with Crippen LogP contribution in [0.2, 0.25) is 0 Å². The molecule has 0 spiro atoms. The third-order valence-electron chi connectivity index (χ3n) is 3.60. The first kappa shape index (κ1) is 19.8. The van der Waals surface area contributed by atoms with Crippen molar-refractivity contribution in [3.63, 3.8) is 0 Å². The predicted octanol–water partition coefficient (Wildman–Crippen LogP) is 5.10. The van der Waals surface area contributed by atoms with Crippen LogP contribution in [-0.2, 0) is 9.59 Å². The van der Waals surface area contributed by atoms with Crippen LogP contribution in [0.1, 0.15) is 19.4 Å². The van der Waals surface area contributed by atoms with Crippen LogP contribution in [-0.4, -0.2) is 11.9 Å². The maximum Gasteiger partial charge on any atom is 0.338 e. The van der Waals surface area contributed by atoms with Gasteiger partial charge in [-0.05, 0) is 43.2 Å². The smallest absolute Gasteiger partial charge is 0.338 e. The van der Waals surface area contributed by atoms with E-state index < -0.39 is 17.8 Å². The molecule has 0 N–H and O–H groups in total. The standard InChI is InChI=1S/C22H19FO4/c1-6-15-7-8-16(11-18(15)23)17-9-10-19(26-21(24)13(2)3)20(12-17)27-22(25)14(4)5/h6-12H,1-2,4H2,3,5H3. The topological polar surface area (TPSA) is 52.6 Å². The highest BCUT2D eigenvalue weighted by atomic mass is 19.1. The van der Waals surface area contributed by atoms with E-state index in [1.165, 1.54) is 38.1 Å². The Morgan fingerprint density at radius 2 is 1.41 bits per heavy atom. The van der Waals surface area contributed by atoms with E-state index in [9.17, 15) is 14.0 Å². The Morgan fingerprint density at radius 1 is 0.889 bits per heavy atom. The van der Waals surface area contributed by atoms with E-state index >= 15 is 0 Å². The molecule has 0 aliphatic heterocycles. The van der Waals surface area contributed by atoms with Crippen molar-refractivity contribution in [1.82, 2.24) is 0 Å². The molecule has 0 aromatic heterocycles. The van der Waals surface area contributed by atoms with Crippen LogP contribution in [0.4, 0.5) is 4.39 Å². The number of rotatable bonds is 6. The molecular weight excluding hydrogens is 347 g/mol. The van der Waals surface area contributed by atoms with Crippen LogP contribution in [0.15, 0.2) is 67.3 Å². The second-order valence-electron chi connectivity index (χ2n) is 5.94. The fraction of sp³-hybridized carbons (Fsp3) is 0.0909. The molecular formula is C22H19FO4. The summed E-state index contributed by atoms with van der Waals surface area (Å²) in [6.07, 6.45) is 1.42. The van der Waals surface area contributed by atoms with E-state index in [4.69, 9.17) is 9.47 Å². The summed E-state index contributed by atoms with van der Waals surface area (Å²) in [5.74, 6) is -1.70. The lowest BCUT2D eigenvalue weighted by atomic mass is 10.0. The van der Waals surface area contributed by atoms with Crippen molar-refractivity contribution >= 4 is 18.0 Å². The van der Waals surface area contributed by atoms with Crippen LogP contribution < -0.4 is 9.47 Å². The fourth-order valence-corrected chi connectivity index (χ4v) is 2.10. The first-order chi connectivity index (χ1) is 12.7. The summed E-state index contributed by atoms with van der Waals surface area (Å²) in [7, 11) is 0. The lowest BCUT2D eigenvalue weighted by Gasteiger charge is -2.13. The molecule has 0 atom stereocenters. The summed E-state index contributed by atoms with van der Waals surface area (Å²) >= 11 is 0. The molecule has 0 amide bonds. The van der Waals surface area contributed by atoms with Crippen molar-refractivity contribution in [2.45, 2.75) is 13.8 Å². The average Bonchev–Trinajstić information content (AvgIpc) is 2.62. The van der Waals surface area contributed by atoms with Crippen LogP contribution in [0.25, 0.3) is 17.2 Å². The van der Waals surface area contributed by atoms with E-state index in [1.807, 2.05) is 0 Å². The first-order valence-corrected chi connectivity index (χ1v) is 8.04. The minimum atomic E-state index is -0.673. The summed E-state index contributed by atoms with van der Waals surface area (Å²) in [4.78, 5) is 23.7. The molecule has 0 aliphatic carbocycles. The maximum atomic E-state index is 14.0. The Bertz CT molecular complexity index is 957. The number of carbonyl (C=O) groups excluding carboxylic acids is 2. The van der Waals surface area contributed by atoms with E-state index in [2.05, 4.69) is 19.7 Å². The van der Waals surface area contributed by atoms with E-state index in [-0.39, 0.29) is 22.6 Å². The Morgan fingerprint density at radius 3 is 1.93 bits per heavy atom. The van der Waals surface area contributed by atoms with Gasteiger partial charge in [-0.25, -0.2) is 14.0 Å². The average molecular weight is 366 g/mol. The molecule has 2 aromatic rings. The number of esters is 2. The molecule has 2 rings (SSSR count). The lowest BCUT2D eigenvalue weighted by molar-refractivity contribution is -0.132. The highest BCUT2D eigenvalue weighted by Gasteiger charge is 2.16. The number of carbonyl (C=O) groups is 2. The third-order valence-corrected chi connectivity index (χ3v) is 3.60. The van der Waals surface area contributed by atoms with Crippen LogP contribution >= 0.6 is 0 Å². The zero-order valence-electron chi connectivity index (χ0n) is 15.2. The van der Waals surface area contributed by atoms with Crippen molar-refractivity contribution < 1.29 is 23.5 Å². The Kier molecular flexibility index (Phi) is 6.08. The zero-order valence-corrected chi connectivity index (χ0v) is 15.2. The minimum Gasteiger partial charge on any atom is -0.419 e. The Labute approximate surface area is 157 Å². The van der Waals surface area contributed by atoms with Crippen molar-refractivity contribution in [3.8, 4) is 22.6 Å². The number of ether oxygens (including phenoxy) is 2. The molecule has 0 aliphatic rings. The molecule has 27 heavy (non-hydrogen) atoms. The highest BCUT2D eigenvalue weighted by Crippen LogP contribution is 2.34. The minimum absolute atomic E-state index is 0.0169. The van der Waals surface area contributed by atoms with E-state index in [0.29, 0.717) is 16.7 Å². The molecule has 0 saturated heterocycles. The zero-order chi connectivity index (χ0) is 20.1. The molecule has 5 heteroatoms. The number of hydrogen-bond donors (Lipinski definition) is 0. The highest BCUT2D eigenvalue weighted by molar-refractivity contribution is 5.91. The number of hydrogen-bond acceptors (Lipinski definition) is 4. The number of halogens is 1. The molecule has 4 nitrogen and oxygen atoms in total. The van der Waals surface area contributed by atoms with Gasteiger partial charge in [-0.2, -0.15) is 0 Å². The van der Waals surface area contributed by atoms with E-state index in [1.54, 1.807) is 18.2 Å². The quantitative estimate of drug-likeness (QED) is 0.405. The van der Waals surface area contributed by atoms with Gasteiger partial charge in [-0.15, -0.1) is 0 Å². The maximum absolute atomic E-state index is 14.0. The SMILES string of the molecule is C=Cc1ccc(-c2ccc(OC(=O)C(=C)C)c(OC(=O)C(=C)C)c2)cc1F. The molecule has 0 saturated carbocycles. The van der Waals surface area contributed by atoms with Crippen LogP contribution in [0.5, 0.6) is 11.5 Å². The van der Waals surface area contributed by atoms with Gasteiger partial charge >= 0.3 is 11.9 Å². The number of benzene rings is 2. The largest absolute Gasteiger partial charge is 0.419 e. The van der Waals surface area contributed by atoms with Crippen molar-refractivity contribution in [2.24, 2.45) is 0 Å². The van der Waals surface area contributed by atoms with Crippen LogP contribution in [0, 0.1) is 5.82 Å². The summed E-state index contributed by atoms with van der Waals surface area (Å²) < 4.78 is 24.5. The summed E-state index contributed by atoms with van der Waals surface area (Å²) in [5.41, 5.74) is 1.88. The monoisotopic (exact) mass is 366 g/mol. The molecule has 0 fully saturated rings. The van der Waals surface area contributed by atoms with Crippen molar-refractivity contribution in [1.29, 1.82) is 0 Å². The van der Waals surface area contributed by atoms with Crippen LogP contribution in [0.3, 0.4) is 0 Å². The van der Waals surface area contributed by atoms with E-state index in [0.717, 1.165) is 0 Å². The Hall–Kier alpha value is -3.47. The van der Waals surface area contributed by atoms with Gasteiger partial charge in [0.2, 0.25) is 0 Å². The van der Waals surface area contributed by atoms with Crippen molar-refractivity contribution in [3.05, 3.63) is 78.7 Å². The van der Waals surface area contributed by atoms with Gasteiger partial charge in [0.25, 0.3) is 0 Å². The van der Waals surface area contributed by atoms with Gasteiger partial charge in [-0.3, -0.25) is 0 Å². The van der Waals surface area contributed by atoms with Crippen molar-refractivity contribution in [2.75, 3.05) is 0 Å². The molecule has 0 radical (unpaired) electrons. The molecule has 138 valence electrons. The van der Waals surface area contributed by atoms with Gasteiger partial charge in [0.1, 0.15) is 5.82 Å². The Balaban J connectivity index is 2.49. The lowest BCUT2D eigenvalue weighted by Crippen LogP contribution is -2.12. The molecule has 0 unspecified atom stereocenters. The second-order valence-corrected chi connectivity index (χ2v) is 5.94. The van der Waals surface area contributed by atoms with Gasteiger partial charge in [0.15, 0.2) is 11.5 Å². The third kappa shape index (κ3) is 4.79. The first-order valence-electron chi connectivity index (χ1n) is 8.04. The molecule has 2 aromatic carbocycles. The summed E-state index contributed by atoms with van der Waals surface area (Å²) in [6, 6.07) is 9.23. The molecule has 0 heterocycles. The summed E-state index contributed by atoms with van der Waals surface area (Å²) in [6.45, 7) is 13.6. The van der Waals surface area contributed by atoms with Gasteiger partial charge < -0.3 is 9.47 Å². The molecule has 0 bridgehead atoms. The second kappa shape index (κ2) is 8.27. The fourth-order valence-electron chi connectivity index (χ4n) is 2.10. The van der Waals surface area contributed by atoms with Gasteiger partial charge in [-0.1, -0.05) is 44.0 Å². The van der Waals surface area contributed by atoms with Gasteiger partial charge in [0.05, 0.1) is 0 Å². The summed E-state index contributed by atoms with van der Waals surface area (Å²) in [5, 5.41) is 0. The van der Waals surface area contributed by atoms with Gasteiger partial charge in [0, 0.05) is 16.7 Å².